The number of nitrogens with one attached hydrogen (secondary N) is 1. The second-order valence-electron chi connectivity index (χ2n) is 6.41. The molecule has 1 unspecified atom stereocenters. The number of rotatable bonds is 7. The number of fused-ring (bicyclic) bond motifs is 1. The molecule has 2 aromatic carbocycles. The molecule has 0 spiro atoms. The summed E-state index contributed by atoms with van der Waals surface area (Å²) in [6, 6.07) is 13.1. The molecule has 0 amide bonds. The van der Waals surface area contributed by atoms with E-state index in [-0.39, 0.29) is 0 Å². The van der Waals surface area contributed by atoms with Crippen LogP contribution in [0.25, 0.3) is 0 Å². The number of methoxy groups -OCH3 is 2. The van der Waals surface area contributed by atoms with Crippen molar-refractivity contribution in [2.45, 2.75) is 45.2 Å². The third-order valence-electron chi connectivity index (χ3n) is 4.94. The van der Waals surface area contributed by atoms with Gasteiger partial charge >= 0.3 is 0 Å². The first kappa shape index (κ1) is 16.8. The summed E-state index contributed by atoms with van der Waals surface area (Å²) in [5, 5.41) is 3.68. The van der Waals surface area contributed by atoms with Crippen LogP contribution < -0.4 is 14.8 Å². The van der Waals surface area contributed by atoms with Crippen molar-refractivity contribution in [2.24, 2.45) is 0 Å². The highest BCUT2D eigenvalue weighted by molar-refractivity contribution is 5.46. The van der Waals surface area contributed by atoms with E-state index < -0.39 is 0 Å². The van der Waals surface area contributed by atoms with Crippen LogP contribution in [0.2, 0.25) is 0 Å². The Labute approximate surface area is 145 Å². The first-order valence-corrected chi connectivity index (χ1v) is 8.81. The molecule has 0 saturated heterocycles. The number of hydrogen-bond donors (Lipinski definition) is 1. The minimum Gasteiger partial charge on any atom is -0.497 e. The smallest absolute Gasteiger partial charge is 0.123 e. The van der Waals surface area contributed by atoms with Gasteiger partial charge in [-0.2, -0.15) is 0 Å². The van der Waals surface area contributed by atoms with Crippen LogP contribution >= 0.6 is 0 Å². The zero-order valence-corrected chi connectivity index (χ0v) is 14.9. The van der Waals surface area contributed by atoms with Crippen molar-refractivity contribution in [3.63, 3.8) is 0 Å². The second-order valence-corrected chi connectivity index (χ2v) is 6.41. The first-order chi connectivity index (χ1) is 11.7. The predicted octanol–water partition coefficient (Wildman–Crippen LogP) is 4.43. The lowest BCUT2D eigenvalue weighted by Gasteiger charge is -2.21. The maximum atomic E-state index is 5.68. The van der Waals surface area contributed by atoms with Gasteiger partial charge in [-0.3, -0.25) is 0 Å². The topological polar surface area (TPSA) is 30.5 Å². The highest BCUT2D eigenvalue weighted by Crippen LogP contribution is 2.34. The summed E-state index contributed by atoms with van der Waals surface area (Å²) in [6.45, 7) is 3.06. The summed E-state index contributed by atoms with van der Waals surface area (Å²) in [5.74, 6) is 1.91. The highest BCUT2D eigenvalue weighted by Gasteiger charge is 2.19. The Kier molecular flexibility index (Phi) is 5.41. The molecule has 1 aliphatic rings. The molecule has 0 aliphatic heterocycles. The van der Waals surface area contributed by atoms with E-state index in [2.05, 4.69) is 36.5 Å². The highest BCUT2D eigenvalue weighted by atomic mass is 16.5. The third kappa shape index (κ3) is 3.57. The molecular weight excluding hydrogens is 298 g/mol. The van der Waals surface area contributed by atoms with Gasteiger partial charge in [-0.25, -0.2) is 0 Å². The van der Waals surface area contributed by atoms with Crippen molar-refractivity contribution in [3.8, 4) is 11.5 Å². The maximum absolute atomic E-state index is 5.68. The molecule has 128 valence electrons. The first-order valence-electron chi connectivity index (χ1n) is 8.81. The standard InChI is InChI=1S/C21H27NO2/c1-4-20(22-14-15-8-10-18(23-2)11-9-15)19-12-16-6-5-7-17(16)13-21(19)24-3/h8-13,20,22H,4-7,14H2,1-3H3. The van der Waals surface area contributed by atoms with Gasteiger partial charge < -0.3 is 14.8 Å². The van der Waals surface area contributed by atoms with E-state index in [0.29, 0.717) is 6.04 Å². The van der Waals surface area contributed by atoms with Crippen molar-refractivity contribution < 1.29 is 9.47 Å². The van der Waals surface area contributed by atoms with Gasteiger partial charge in [0.1, 0.15) is 11.5 Å². The van der Waals surface area contributed by atoms with Gasteiger partial charge in [-0.05, 0) is 60.6 Å². The fraction of sp³-hybridized carbons (Fsp3) is 0.429. The van der Waals surface area contributed by atoms with Crippen LogP contribution in [0, 0.1) is 0 Å². The molecule has 2 aromatic rings. The second kappa shape index (κ2) is 7.71. The van der Waals surface area contributed by atoms with E-state index in [1.54, 1.807) is 14.2 Å². The molecule has 24 heavy (non-hydrogen) atoms. The Morgan fingerprint density at radius 3 is 2.33 bits per heavy atom. The van der Waals surface area contributed by atoms with Crippen LogP contribution in [0.1, 0.15) is 48.1 Å². The Morgan fingerprint density at radius 1 is 1.00 bits per heavy atom. The molecule has 0 fully saturated rings. The normalized spacial score (nSPS) is 14.3. The summed E-state index contributed by atoms with van der Waals surface area (Å²) in [7, 11) is 3.47. The van der Waals surface area contributed by atoms with E-state index in [9.17, 15) is 0 Å². The Balaban J connectivity index is 1.75. The molecular formula is C21H27NO2. The third-order valence-corrected chi connectivity index (χ3v) is 4.94. The van der Waals surface area contributed by atoms with Gasteiger partial charge in [0.2, 0.25) is 0 Å². The quantitative estimate of drug-likeness (QED) is 0.817. The maximum Gasteiger partial charge on any atom is 0.123 e. The van der Waals surface area contributed by atoms with E-state index in [0.717, 1.165) is 24.5 Å². The van der Waals surface area contributed by atoms with Crippen molar-refractivity contribution in [1.29, 1.82) is 0 Å². The van der Waals surface area contributed by atoms with Crippen LogP contribution in [-0.4, -0.2) is 14.2 Å². The molecule has 3 heteroatoms. The molecule has 0 radical (unpaired) electrons. The van der Waals surface area contributed by atoms with E-state index in [1.807, 2.05) is 12.1 Å². The fourth-order valence-electron chi connectivity index (χ4n) is 3.53. The number of ether oxygens (including phenoxy) is 2. The lowest BCUT2D eigenvalue weighted by Crippen LogP contribution is -2.21. The zero-order valence-electron chi connectivity index (χ0n) is 14.9. The summed E-state index contributed by atoms with van der Waals surface area (Å²) < 4.78 is 10.9. The van der Waals surface area contributed by atoms with Crippen LogP contribution in [0.3, 0.4) is 0 Å². The number of hydrogen-bond acceptors (Lipinski definition) is 3. The van der Waals surface area contributed by atoms with Gasteiger partial charge in [-0.15, -0.1) is 0 Å². The van der Waals surface area contributed by atoms with Gasteiger partial charge in [-0.1, -0.05) is 25.1 Å². The lowest BCUT2D eigenvalue weighted by molar-refractivity contribution is 0.396. The number of benzene rings is 2. The zero-order chi connectivity index (χ0) is 16.9. The molecule has 1 aliphatic carbocycles. The lowest BCUT2D eigenvalue weighted by atomic mass is 9.97. The summed E-state index contributed by atoms with van der Waals surface area (Å²) in [5.41, 5.74) is 5.50. The molecule has 1 atom stereocenters. The summed E-state index contributed by atoms with van der Waals surface area (Å²) in [4.78, 5) is 0. The number of aryl methyl sites for hydroxylation is 2. The average molecular weight is 325 g/mol. The van der Waals surface area contributed by atoms with Crippen molar-refractivity contribution in [1.82, 2.24) is 5.32 Å². The summed E-state index contributed by atoms with van der Waals surface area (Å²) >= 11 is 0. The Morgan fingerprint density at radius 2 is 1.71 bits per heavy atom. The largest absolute Gasteiger partial charge is 0.497 e. The van der Waals surface area contributed by atoms with Crippen molar-refractivity contribution in [3.05, 3.63) is 58.7 Å². The van der Waals surface area contributed by atoms with Crippen LogP contribution in [0.5, 0.6) is 11.5 Å². The molecule has 0 bridgehead atoms. The van der Waals surface area contributed by atoms with E-state index in [1.165, 1.54) is 41.5 Å². The van der Waals surface area contributed by atoms with Crippen molar-refractivity contribution >= 4 is 0 Å². The fourth-order valence-corrected chi connectivity index (χ4v) is 3.53. The van der Waals surface area contributed by atoms with Gasteiger partial charge in [0.15, 0.2) is 0 Å². The van der Waals surface area contributed by atoms with Gasteiger partial charge in [0, 0.05) is 18.2 Å². The predicted molar refractivity (Wildman–Crippen MR) is 97.9 cm³/mol. The Bertz CT molecular complexity index is 679. The van der Waals surface area contributed by atoms with Gasteiger partial charge in [0.05, 0.1) is 14.2 Å². The Hall–Kier alpha value is -2.00. The molecule has 0 saturated carbocycles. The van der Waals surface area contributed by atoms with E-state index >= 15 is 0 Å². The van der Waals surface area contributed by atoms with Gasteiger partial charge in [0.25, 0.3) is 0 Å². The van der Waals surface area contributed by atoms with Crippen LogP contribution in [0.15, 0.2) is 36.4 Å². The molecule has 1 N–H and O–H groups in total. The monoisotopic (exact) mass is 325 g/mol. The molecule has 3 rings (SSSR count). The minimum absolute atomic E-state index is 0.299. The average Bonchev–Trinajstić information content (AvgIpc) is 3.09. The van der Waals surface area contributed by atoms with E-state index in [4.69, 9.17) is 9.47 Å². The van der Waals surface area contributed by atoms with Crippen LogP contribution in [0.4, 0.5) is 0 Å². The van der Waals surface area contributed by atoms with Crippen LogP contribution in [-0.2, 0) is 19.4 Å². The van der Waals surface area contributed by atoms with Crippen molar-refractivity contribution in [2.75, 3.05) is 14.2 Å². The molecule has 3 nitrogen and oxygen atoms in total. The molecule has 0 aromatic heterocycles. The minimum atomic E-state index is 0.299. The SMILES string of the molecule is CCC(NCc1ccc(OC)cc1)c1cc2c(cc1OC)CCC2. The summed E-state index contributed by atoms with van der Waals surface area (Å²) in [6.07, 6.45) is 4.67. The molecule has 0 heterocycles.